The zero-order valence-corrected chi connectivity index (χ0v) is 10.9. The smallest absolute Gasteiger partial charge is 0.338 e. The summed E-state index contributed by atoms with van der Waals surface area (Å²) in [4.78, 5) is 12.0. The Hall–Kier alpha value is -1.35. The van der Waals surface area contributed by atoms with Crippen molar-refractivity contribution in [2.24, 2.45) is 0 Å². The van der Waals surface area contributed by atoms with Gasteiger partial charge in [-0.3, -0.25) is 0 Å². The van der Waals surface area contributed by atoms with Crippen molar-refractivity contribution < 1.29 is 14.3 Å². The Bertz CT molecular complexity index is 394. The van der Waals surface area contributed by atoms with Crippen LogP contribution in [-0.4, -0.2) is 19.2 Å². The van der Waals surface area contributed by atoms with Crippen LogP contribution < -0.4 is 0 Å². The molecule has 1 aromatic carbocycles. The number of ether oxygens (including phenoxy) is 2. The maximum Gasteiger partial charge on any atom is 0.338 e. The maximum atomic E-state index is 12.0. The molecule has 1 aliphatic rings. The van der Waals surface area contributed by atoms with Gasteiger partial charge in [0.15, 0.2) is 0 Å². The van der Waals surface area contributed by atoms with Gasteiger partial charge in [-0.25, -0.2) is 4.79 Å². The van der Waals surface area contributed by atoms with Crippen molar-refractivity contribution in [2.45, 2.75) is 44.8 Å². The van der Waals surface area contributed by atoms with Crippen LogP contribution in [0.4, 0.5) is 0 Å². The average molecular weight is 248 g/mol. The number of carbonyl (C=O) groups excluding carboxylic acids is 1. The number of esters is 1. The Labute approximate surface area is 108 Å². The SMILES string of the molecule is COCc1cccc(C(=O)OC2CCCCC2)c1. The van der Waals surface area contributed by atoms with Crippen molar-refractivity contribution in [1.82, 2.24) is 0 Å². The molecule has 3 nitrogen and oxygen atoms in total. The normalized spacial score (nSPS) is 16.5. The molecule has 98 valence electrons. The van der Waals surface area contributed by atoms with Crippen LogP contribution >= 0.6 is 0 Å². The fourth-order valence-corrected chi connectivity index (χ4v) is 2.36. The molecule has 0 N–H and O–H groups in total. The summed E-state index contributed by atoms with van der Waals surface area (Å²) in [5.74, 6) is -0.208. The van der Waals surface area contributed by atoms with Crippen LogP contribution in [0.5, 0.6) is 0 Å². The molecule has 2 rings (SSSR count). The van der Waals surface area contributed by atoms with Gasteiger partial charge < -0.3 is 9.47 Å². The third kappa shape index (κ3) is 3.57. The lowest BCUT2D eigenvalue weighted by Gasteiger charge is -2.21. The third-order valence-electron chi connectivity index (χ3n) is 3.30. The van der Waals surface area contributed by atoms with Gasteiger partial charge in [-0.15, -0.1) is 0 Å². The first kappa shape index (κ1) is 13.1. The van der Waals surface area contributed by atoms with E-state index in [4.69, 9.17) is 9.47 Å². The summed E-state index contributed by atoms with van der Waals surface area (Å²) in [6.07, 6.45) is 5.71. The second kappa shape index (κ2) is 6.55. The highest BCUT2D eigenvalue weighted by molar-refractivity contribution is 5.89. The van der Waals surface area contributed by atoms with Gasteiger partial charge in [0, 0.05) is 7.11 Å². The fraction of sp³-hybridized carbons (Fsp3) is 0.533. The largest absolute Gasteiger partial charge is 0.459 e. The zero-order chi connectivity index (χ0) is 12.8. The summed E-state index contributed by atoms with van der Waals surface area (Å²) in [6.45, 7) is 0.518. The average Bonchev–Trinajstić information content (AvgIpc) is 2.40. The summed E-state index contributed by atoms with van der Waals surface area (Å²) < 4.78 is 10.6. The number of methoxy groups -OCH3 is 1. The molecule has 3 heteroatoms. The minimum atomic E-state index is -0.208. The lowest BCUT2D eigenvalue weighted by atomic mass is 9.98. The monoisotopic (exact) mass is 248 g/mol. The molecule has 18 heavy (non-hydrogen) atoms. The second-order valence-electron chi connectivity index (χ2n) is 4.80. The van der Waals surface area contributed by atoms with E-state index in [-0.39, 0.29) is 12.1 Å². The Balaban J connectivity index is 1.96. The van der Waals surface area contributed by atoms with E-state index in [1.165, 1.54) is 19.3 Å². The molecule has 1 aliphatic carbocycles. The molecule has 0 aromatic heterocycles. The Morgan fingerprint density at radius 2 is 2.06 bits per heavy atom. The van der Waals surface area contributed by atoms with E-state index in [0.29, 0.717) is 12.2 Å². The summed E-state index contributed by atoms with van der Waals surface area (Å²) >= 11 is 0. The molecule has 1 fully saturated rings. The minimum absolute atomic E-state index is 0.109. The van der Waals surface area contributed by atoms with E-state index < -0.39 is 0 Å². The molecule has 0 bridgehead atoms. The van der Waals surface area contributed by atoms with Gasteiger partial charge in [0.2, 0.25) is 0 Å². The third-order valence-corrected chi connectivity index (χ3v) is 3.30. The highest BCUT2D eigenvalue weighted by Gasteiger charge is 2.18. The van der Waals surface area contributed by atoms with Gasteiger partial charge >= 0.3 is 5.97 Å². The molecule has 1 saturated carbocycles. The topological polar surface area (TPSA) is 35.5 Å². The molecule has 0 radical (unpaired) electrons. The lowest BCUT2D eigenvalue weighted by Crippen LogP contribution is -2.21. The van der Waals surface area contributed by atoms with Crippen LogP contribution in [0.1, 0.15) is 48.0 Å². The van der Waals surface area contributed by atoms with E-state index in [1.54, 1.807) is 13.2 Å². The first-order valence-electron chi connectivity index (χ1n) is 6.58. The van der Waals surface area contributed by atoms with E-state index in [2.05, 4.69) is 0 Å². The Morgan fingerprint density at radius 1 is 1.28 bits per heavy atom. The van der Waals surface area contributed by atoms with Crippen LogP contribution in [0.3, 0.4) is 0 Å². The Kier molecular flexibility index (Phi) is 4.76. The molecular formula is C15H20O3. The van der Waals surface area contributed by atoms with Crippen LogP contribution in [-0.2, 0) is 16.1 Å². The molecule has 0 amide bonds. The van der Waals surface area contributed by atoms with Gasteiger partial charge in [0.1, 0.15) is 6.10 Å². The second-order valence-corrected chi connectivity index (χ2v) is 4.80. The first-order chi connectivity index (χ1) is 8.79. The predicted octanol–water partition coefficient (Wildman–Crippen LogP) is 3.32. The van der Waals surface area contributed by atoms with Crippen molar-refractivity contribution in [3.05, 3.63) is 35.4 Å². The first-order valence-corrected chi connectivity index (χ1v) is 6.58. The van der Waals surface area contributed by atoms with Crippen molar-refractivity contribution >= 4 is 5.97 Å². The summed E-state index contributed by atoms with van der Waals surface area (Å²) in [5, 5.41) is 0. The van der Waals surface area contributed by atoms with Crippen LogP contribution in [0.15, 0.2) is 24.3 Å². The molecular weight excluding hydrogens is 228 g/mol. The fourth-order valence-electron chi connectivity index (χ4n) is 2.36. The van der Waals surface area contributed by atoms with Gasteiger partial charge in [-0.1, -0.05) is 18.6 Å². The van der Waals surface area contributed by atoms with Crippen molar-refractivity contribution in [2.75, 3.05) is 7.11 Å². The molecule has 0 atom stereocenters. The standard InChI is InChI=1S/C15H20O3/c1-17-11-12-6-5-7-13(10-12)15(16)18-14-8-3-2-4-9-14/h5-7,10,14H,2-4,8-9,11H2,1H3. The summed E-state index contributed by atoms with van der Waals surface area (Å²) in [6, 6.07) is 7.45. The van der Waals surface area contributed by atoms with Crippen molar-refractivity contribution in [1.29, 1.82) is 0 Å². The van der Waals surface area contributed by atoms with Gasteiger partial charge in [0.05, 0.1) is 12.2 Å². The number of carbonyl (C=O) groups is 1. The predicted molar refractivity (Wildman–Crippen MR) is 69.4 cm³/mol. The van der Waals surface area contributed by atoms with E-state index in [9.17, 15) is 4.79 Å². The quantitative estimate of drug-likeness (QED) is 0.767. The van der Waals surface area contributed by atoms with Gasteiger partial charge in [0.25, 0.3) is 0 Å². The minimum Gasteiger partial charge on any atom is -0.459 e. The molecule has 0 saturated heterocycles. The molecule has 1 aromatic rings. The zero-order valence-electron chi connectivity index (χ0n) is 10.9. The van der Waals surface area contributed by atoms with Gasteiger partial charge in [-0.2, -0.15) is 0 Å². The molecule has 0 spiro atoms. The van der Waals surface area contributed by atoms with Crippen LogP contribution in [0.25, 0.3) is 0 Å². The number of hydrogen-bond donors (Lipinski definition) is 0. The van der Waals surface area contributed by atoms with Crippen LogP contribution in [0, 0.1) is 0 Å². The lowest BCUT2D eigenvalue weighted by molar-refractivity contribution is 0.0211. The van der Waals surface area contributed by atoms with Crippen molar-refractivity contribution in [3.8, 4) is 0 Å². The summed E-state index contributed by atoms with van der Waals surface area (Å²) in [7, 11) is 1.65. The van der Waals surface area contributed by atoms with Crippen LogP contribution in [0.2, 0.25) is 0 Å². The molecule has 0 aliphatic heterocycles. The van der Waals surface area contributed by atoms with Crippen molar-refractivity contribution in [3.63, 3.8) is 0 Å². The van der Waals surface area contributed by atoms with E-state index in [0.717, 1.165) is 18.4 Å². The molecule has 0 heterocycles. The highest BCUT2D eigenvalue weighted by Crippen LogP contribution is 2.21. The Morgan fingerprint density at radius 3 is 2.78 bits per heavy atom. The number of benzene rings is 1. The summed E-state index contributed by atoms with van der Waals surface area (Å²) in [5.41, 5.74) is 1.62. The van der Waals surface area contributed by atoms with E-state index >= 15 is 0 Å². The van der Waals surface area contributed by atoms with E-state index in [1.807, 2.05) is 18.2 Å². The number of hydrogen-bond acceptors (Lipinski definition) is 3. The number of rotatable bonds is 4. The molecule has 0 unspecified atom stereocenters. The van der Waals surface area contributed by atoms with Gasteiger partial charge in [-0.05, 0) is 43.4 Å². The maximum absolute atomic E-state index is 12.0. The highest BCUT2D eigenvalue weighted by atomic mass is 16.5.